The van der Waals surface area contributed by atoms with Crippen molar-refractivity contribution in [2.75, 3.05) is 7.11 Å². The molecule has 0 aliphatic heterocycles. The number of nitrogens with one attached hydrogen (secondary N) is 1. The summed E-state index contributed by atoms with van der Waals surface area (Å²) in [6.45, 7) is 2.15. The second kappa shape index (κ2) is 8.67. The SMILES string of the molecule is CCC(c1ccccc1)c1nnc(SCc2ccc(C(=O)OC)cc2)[nH]1. The van der Waals surface area contributed by atoms with Crippen molar-refractivity contribution in [3.63, 3.8) is 0 Å². The lowest BCUT2D eigenvalue weighted by atomic mass is 9.96. The highest BCUT2D eigenvalue weighted by atomic mass is 32.2. The molecule has 5 nitrogen and oxygen atoms in total. The summed E-state index contributed by atoms with van der Waals surface area (Å²) in [5.41, 5.74) is 2.90. The number of H-pyrrole nitrogens is 1. The number of thioether (sulfide) groups is 1. The van der Waals surface area contributed by atoms with Gasteiger partial charge in [-0.25, -0.2) is 4.79 Å². The van der Waals surface area contributed by atoms with Gasteiger partial charge in [0.2, 0.25) is 0 Å². The molecule has 0 fully saturated rings. The summed E-state index contributed by atoms with van der Waals surface area (Å²) in [6, 6.07) is 17.7. The molecule has 1 N–H and O–H groups in total. The third-order valence-corrected chi connectivity index (χ3v) is 5.11. The Kier molecular flexibility index (Phi) is 6.07. The molecule has 0 saturated carbocycles. The first-order valence-electron chi connectivity index (χ1n) is 8.48. The van der Waals surface area contributed by atoms with Crippen LogP contribution in [0.2, 0.25) is 0 Å². The zero-order valence-corrected chi connectivity index (χ0v) is 15.6. The third-order valence-electron chi connectivity index (χ3n) is 4.17. The smallest absolute Gasteiger partial charge is 0.337 e. The molecule has 26 heavy (non-hydrogen) atoms. The average Bonchev–Trinajstić information content (AvgIpc) is 3.16. The predicted molar refractivity (Wildman–Crippen MR) is 102 cm³/mol. The Balaban J connectivity index is 1.64. The molecule has 3 aromatic rings. The molecule has 3 rings (SSSR count). The second-order valence-electron chi connectivity index (χ2n) is 5.86. The minimum absolute atomic E-state index is 0.220. The summed E-state index contributed by atoms with van der Waals surface area (Å²) in [6.07, 6.45) is 0.957. The van der Waals surface area contributed by atoms with Gasteiger partial charge in [0.05, 0.1) is 12.7 Å². The Hall–Kier alpha value is -2.60. The first-order valence-corrected chi connectivity index (χ1v) is 9.47. The van der Waals surface area contributed by atoms with Crippen molar-refractivity contribution in [3.05, 3.63) is 77.1 Å². The van der Waals surface area contributed by atoms with Crippen LogP contribution in [0.3, 0.4) is 0 Å². The van der Waals surface area contributed by atoms with Gasteiger partial charge in [-0.15, -0.1) is 10.2 Å². The van der Waals surface area contributed by atoms with Crippen molar-refractivity contribution in [2.45, 2.75) is 30.2 Å². The number of hydrogen-bond donors (Lipinski definition) is 1. The standard InChI is InChI=1S/C20H21N3O2S/c1-3-17(15-7-5-4-6-8-15)18-21-20(23-22-18)26-13-14-9-11-16(12-10-14)19(24)25-2/h4-12,17H,3,13H2,1-2H3,(H,21,22,23). The van der Waals surface area contributed by atoms with Gasteiger partial charge in [0.15, 0.2) is 5.16 Å². The number of carbonyl (C=O) groups excluding carboxylic acids is 1. The molecular weight excluding hydrogens is 346 g/mol. The highest BCUT2D eigenvalue weighted by Crippen LogP contribution is 2.27. The van der Waals surface area contributed by atoms with Crippen molar-refractivity contribution in [1.29, 1.82) is 0 Å². The van der Waals surface area contributed by atoms with Crippen LogP contribution in [-0.4, -0.2) is 28.3 Å². The lowest BCUT2D eigenvalue weighted by Gasteiger charge is -2.11. The molecule has 0 spiro atoms. The predicted octanol–water partition coefficient (Wildman–Crippen LogP) is 4.43. The summed E-state index contributed by atoms with van der Waals surface area (Å²) >= 11 is 1.59. The molecule has 2 aromatic carbocycles. The van der Waals surface area contributed by atoms with Crippen LogP contribution in [0.25, 0.3) is 0 Å². The Bertz CT molecular complexity index is 847. The van der Waals surface area contributed by atoms with Crippen molar-refractivity contribution < 1.29 is 9.53 Å². The number of nitrogens with zero attached hydrogens (tertiary/aromatic N) is 2. The topological polar surface area (TPSA) is 67.9 Å². The van der Waals surface area contributed by atoms with Crippen molar-refractivity contribution >= 4 is 17.7 Å². The average molecular weight is 367 g/mol. The van der Waals surface area contributed by atoms with Gasteiger partial charge in [0.25, 0.3) is 0 Å². The van der Waals surface area contributed by atoms with Gasteiger partial charge in [0.1, 0.15) is 5.82 Å². The number of hydrogen-bond acceptors (Lipinski definition) is 5. The molecule has 0 aliphatic rings. The minimum Gasteiger partial charge on any atom is -0.465 e. The van der Waals surface area contributed by atoms with Gasteiger partial charge < -0.3 is 9.72 Å². The highest BCUT2D eigenvalue weighted by Gasteiger charge is 2.16. The van der Waals surface area contributed by atoms with Crippen LogP contribution in [0.5, 0.6) is 0 Å². The fraction of sp³-hybridized carbons (Fsp3) is 0.250. The minimum atomic E-state index is -0.324. The Morgan fingerprint density at radius 3 is 2.50 bits per heavy atom. The van der Waals surface area contributed by atoms with Crippen LogP contribution in [0.4, 0.5) is 0 Å². The fourth-order valence-electron chi connectivity index (χ4n) is 2.76. The van der Waals surface area contributed by atoms with E-state index in [1.165, 1.54) is 12.7 Å². The Morgan fingerprint density at radius 1 is 1.12 bits per heavy atom. The van der Waals surface area contributed by atoms with E-state index in [9.17, 15) is 4.79 Å². The molecule has 0 bridgehead atoms. The summed E-state index contributed by atoms with van der Waals surface area (Å²) in [7, 11) is 1.38. The van der Waals surface area contributed by atoms with Gasteiger partial charge in [-0.2, -0.15) is 0 Å². The van der Waals surface area contributed by atoms with Gasteiger partial charge in [0, 0.05) is 11.7 Å². The van der Waals surface area contributed by atoms with E-state index in [0.29, 0.717) is 5.56 Å². The molecule has 1 heterocycles. The molecule has 1 atom stereocenters. The largest absolute Gasteiger partial charge is 0.465 e. The monoisotopic (exact) mass is 367 g/mol. The van der Waals surface area contributed by atoms with E-state index < -0.39 is 0 Å². The molecule has 6 heteroatoms. The number of aromatic nitrogens is 3. The summed E-state index contributed by atoms with van der Waals surface area (Å²) in [5.74, 6) is 1.54. The first-order chi connectivity index (χ1) is 12.7. The molecular formula is C20H21N3O2S. The van der Waals surface area contributed by atoms with E-state index in [4.69, 9.17) is 4.74 Å². The Labute approximate surface area is 157 Å². The molecule has 1 unspecified atom stereocenters. The van der Waals surface area contributed by atoms with Gasteiger partial charge in [-0.05, 0) is 29.7 Å². The lowest BCUT2D eigenvalue weighted by molar-refractivity contribution is 0.0600. The van der Waals surface area contributed by atoms with Crippen LogP contribution < -0.4 is 0 Å². The van der Waals surface area contributed by atoms with E-state index in [2.05, 4.69) is 34.2 Å². The van der Waals surface area contributed by atoms with Crippen molar-refractivity contribution in [3.8, 4) is 0 Å². The second-order valence-corrected chi connectivity index (χ2v) is 6.83. The molecule has 0 aliphatic carbocycles. The van der Waals surface area contributed by atoms with Gasteiger partial charge in [-0.3, -0.25) is 0 Å². The highest BCUT2D eigenvalue weighted by molar-refractivity contribution is 7.98. The van der Waals surface area contributed by atoms with E-state index in [0.717, 1.165) is 28.7 Å². The number of rotatable bonds is 7. The summed E-state index contributed by atoms with van der Waals surface area (Å²) in [4.78, 5) is 14.8. The van der Waals surface area contributed by atoms with Crippen LogP contribution in [0.1, 0.15) is 46.6 Å². The zero-order valence-electron chi connectivity index (χ0n) is 14.8. The number of benzene rings is 2. The zero-order chi connectivity index (χ0) is 18.4. The van der Waals surface area contributed by atoms with Gasteiger partial charge >= 0.3 is 5.97 Å². The molecule has 0 saturated heterocycles. The number of methoxy groups -OCH3 is 1. The normalized spacial score (nSPS) is 11.9. The van der Waals surface area contributed by atoms with Crippen molar-refractivity contribution in [1.82, 2.24) is 15.2 Å². The van der Waals surface area contributed by atoms with Gasteiger partial charge in [-0.1, -0.05) is 61.2 Å². The quantitative estimate of drug-likeness (QED) is 0.494. The summed E-state index contributed by atoms with van der Waals surface area (Å²) < 4.78 is 4.71. The van der Waals surface area contributed by atoms with Crippen molar-refractivity contribution in [2.24, 2.45) is 0 Å². The molecule has 1 aromatic heterocycles. The fourth-order valence-corrected chi connectivity index (χ4v) is 3.53. The maximum absolute atomic E-state index is 11.5. The number of aromatic amines is 1. The molecule has 0 radical (unpaired) electrons. The van der Waals surface area contributed by atoms with E-state index >= 15 is 0 Å². The van der Waals surface area contributed by atoms with Crippen LogP contribution in [0, 0.1) is 0 Å². The number of ether oxygens (including phenoxy) is 1. The summed E-state index contributed by atoms with van der Waals surface area (Å²) in [5, 5.41) is 9.40. The van der Waals surface area contributed by atoms with Crippen LogP contribution in [-0.2, 0) is 10.5 Å². The maximum Gasteiger partial charge on any atom is 0.337 e. The number of carbonyl (C=O) groups is 1. The number of esters is 1. The third kappa shape index (κ3) is 4.32. The van der Waals surface area contributed by atoms with Crippen LogP contribution >= 0.6 is 11.8 Å². The lowest BCUT2D eigenvalue weighted by Crippen LogP contribution is -2.01. The Morgan fingerprint density at radius 2 is 1.85 bits per heavy atom. The first kappa shape index (κ1) is 18.2. The van der Waals surface area contributed by atoms with E-state index in [1.54, 1.807) is 23.9 Å². The maximum atomic E-state index is 11.5. The molecule has 134 valence electrons. The van der Waals surface area contributed by atoms with E-state index in [1.807, 2.05) is 30.3 Å². The molecule has 0 amide bonds. The van der Waals surface area contributed by atoms with Crippen LogP contribution in [0.15, 0.2) is 59.8 Å². The van der Waals surface area contributed by atoms with E-state index in [-0.39, 0.29) is 11.9 Å².